The van der Waals surface area contributed by atoms with Crippen molar-refractivity contribution >= 4 is 5.97 Å². The molecule has 5 rings (SSSR count). The number of nitrogens with zero attached hydrogens (tertiary/aromatic N) is 6. The summed E-state index contributed by atoms with van der Waals surface area (Å²) in [7, 11) is 0. The molecule has 33 heavy (non-hydrogen) atoms. The van der Waals surface area contributed by atoms with Gasteiger partial charge in [0, 0.05) is 11.1 Å². The molecule has 0 saturated carbocycles. The average molecular weight is 438 g/mol. The van der Waals surface area contributed by atoms with Crippen molar-refractivity contribution in [2.45, 2.75) is 13.5 Å². The monoisotopic (exact) mass is 438 g/mol. The number of tetrazole rings is 1. The third-order valence-corrected chi connectivity index (χ3v) is 4.96. The molecule has 0 aliphatic carbocycles. The first-order valence-electron chi connectivity index (χ1n) is 10.2. The number of ether oxygens (including phenoxy) is 1. The molecule has 9 heteroatoms. The standard InChI is InChI=1S/C24H18N6O3/c1-16-7-9-17(10-8-16)22-26-27-23(33-22)18-11-13-19(14-12-18)24(31)32-15-21-25-28-29-30(21)20-5-3-2-4-6-20/h2-14H,15H2,1H3. The van der Waals surface area contributed by atoms with Crippen molar-refractivity contribution in [3.8, 4) is 28.6 Å². The molecule has 2 aromatic heterocycles. The summed E-state index contributed by atoms with van der Waals surface area (Å²) in [5.41, 5.74) is 3.86. The van der Waals surface area contributed by atoms with Crippen LogP contribution in [0.15, 0.2) is 83.3 Å². The van der Waals surface area contributed by atoms with E-state index in [-0.39, 0.29) is 6.61 Å². The molecule has 0 radical (unpaired) electrons. The van der Waals surface area contributed by atoms with Crippen LogP contribution in [0.3, 0.4) is 0 Å². The Balaban J connectivity index is 1.25. The average Bonchev–Trinajstić information content (AvgIpc) is 3.54. The number of rotatable bonds is 6. The van der Waals surface area contributed by atoms with Crippen LogP contribution in [-0.2, 0) is 11.3 Å². The van der Waals surface area contributed by atoms with E-state index in [1.165, 1.54) is 4.68 Å². The number of esters is 1. The molecule has 9 nitrogen and oxygen atoms in total. The maximum Gasteiger partial charge on any atom is 0.338 e. The van der Waals surface area contributed by atoms with Gasteiger partial charge in [-0.15, -0.1) is 15.3 Å². The number of hydrogen-bond donors (Lipinski definition) is 0. The Morgan fingerprint density at radius 3 is 2.15 bits per heavy atom. The number of benzene rings is 3. The Labute approximate surface area is 188 Å². The van der Waals surface area contributed by atoms with Crippen LogP contribution in [-0.4, -0.2) is 36.4 Å². The van der Waals surface area contributed by atoms with Gasteiger partial charge in [-0.05, 0) is 65.9 Å². The highest BCUT2D eigenvalue weighted by Gasteiger charge is 2.15. The minimum atomic E-state index is -0.491. The lowest BCUT2D eigenvalue weighted by atomic mass is 10.1. The fourth-order valence-corrected chi connectivity index (χ4v) is 3.18. The molecule has 0 atom stereocenters. The van der Waals surface area contributed by atoms with Crippen molar-refractivity contribution < 1.29 is 13.9 Å². The molecule has 0 aliphatic heterocycles. The molecule has 2 heterocycles. The molecular weight excluding hydrogens is 420 g/mol. The normalized spacial score (nSPS) is 10.8. The Kier molecular flexibility index (Phi) is 5.42. The van der Waals surface area contributed by atoms with Crippen molar-refractivity contribution in [2.75, 3.05) is 0 Å². The lowest BCUT2D eigenvalue weighted by Gasteiger charge is -2.06. The topological polar surface area (TPSA) is 109 Å². The molecule has 0 unspecified atom stereocenters. The molecule has 0 N–H and O–H groups in total. The van der Waals surface area contributed by atoms with Crippen LogP contribution in [0.1, 0.15) is 21.7 Å². The van der Waals surface area contributed by atoms with Crippen LogP contribution in [0.2, 0.25) is 0 Å². The SMILES string of the molecule is Cc1ccc(-c2nnc(-c3ccc(C(=O)OCc4nnnn4-c4ccccc4)cc3)o2)cc1. The Hall–Kier alpha value is -4.66. The van der Waals surface area contributed by atoms with E-state index < -0.39 is 5.97 Å². The first-order valence-corrected chi connectivity index (χ1v) is 10.2. The zero-order valence-electron chi connectivity index (χ0n) is 17.6. The molecule has 0 amide bonds. The second-order valence-corrected chi connectivity index (χ2v) is 7.27. The Morgan fingerprint density at radius 2 is 1.48 bits per heavy atom. The molecule has 0 saturated heterocycles. The molecule has 0 spiro atoms. The first kappa shape index (κ1) is 20.3. The van der Waals surface area contributed by atoms with Crippen LogP contribution in [0.5, 0.6) is 0 Å². The van der Waals surface area contributed by atoms with Gasteiger partial charge in [0.05, 0.1) is 11.3 Å². The number of hydrogen-bond acceptors (Lipinski definition) is 8. The third kappa shape index (κ3) is 4.38. The smallest absolute Gasteiger partial charge is 0.338 e. The van der Waals surface area contributed by atoms with Gasteiger partial charge in [-0.25, -0.2) is 4.79 Å². The Bertz CT molecular complexity index is 1380. The lowest BCUT2D eigenvalue weighted by Crippen LogP contribution is -2.10. The maximum atomic E-state index is 12.5. The summed E-state index contributed by atoms with van der Waals surface area (Å²) in [6, 6.07) is 24.0. The first-order chi connectivity index (χ1) is 16.2. The van der Waals surface area contributed by atoms with E-state index in [2.05, 4.69) is 25.7 Å². The van der Waals surface area contributed by atoms with Gasteiger partial charge >= 0.3 is 5.97 Å². The highest BCUT2D eigenvalue weighted by molar-refractivity contribution is 5.89. The summed E-state index contributed by atoms with van der Waals surface area (Å²) in [5, 5.41) is 19.8. The van der Waals surface area contributed by atoms with Gasteiger partial charge in [-0.3, -0.25) is 0 Å². The van der Waals surface area contributed by atoms with E-state index in [1.807, 2.05) is 61.5 Å². The summed E-state index contributed by atoms with van der Waals surface area (Å²) in [6.45, 7) is 1.95. The van der Waals surface area contributed by atoms with E-state index in [4.69, 9.17) is 9.15 Å². The fraction of sp³-hybridized carbons (Fsp3) is 0.0833. The second-order valence-electron chi connectivity index (χ2n) is 7.27. The summed E-state index contributed by atoms with van der Waals surface area (Å²) in [4.78, 5) is 12.5. The van der Waals surface area contributed by atoms with Crippen molar-refractivity contribution in [3.05, 3.63) is 95.8 Å². The van der Waals surface area contributed by atoms with Gasteiger partial charge in [0.2, 0.25) is 11.8 Å². The Morgan fingerprint density at radius 1 is 0.848 bits per heavy atom. The third-order valence-electron chi connectivity index (χ3n) is 4.96. The number of aryl methyl sites for hydroxylation is 1. The number of para-hydroxylation sites is 1. The zero-order chi connectivity index (χ0) is 22.6. The maximum absolute atomic E-state index is 12.5. The van der Waals surface area contributed by atoms with Crippen LogP contribution in [0.4, 0.5) is 0 Å². The predicted octanol–water partition coefficient (Wildman–Crippen LogP) is 4.04. The molecule has 3 aromatic carbocycles. The van der Waals surface area contributed by atoms with Gasteiger partial charge in [0.15, 0.2) is 12.4 Å². The highest BCUT2D eigenvalue weighted by atomic mass is 16.5. The van der Waals surface area contributed by atoms with Gasteiger partial charge in [0.25, 0.3) is 0 Å². The minimum Gasteiger partial charge on any atom is -0.454 e. The van der Waals surface area contributed by atoms with Crippen LogP contribution >= 0.6 is 0 Å². The van der Waals surface area contributed by atoms with E-state index >= 15 is 0 Å². The fourth-order valence-electron chi connectivity index (χ4n) is 3.18. The molecular formula is C24H18N6O3. The van der Waals surface area contributed by atoms with Crippen LogP contribution < -0.4 is 0 Å². The van der Waals surface area contributed by atoms with Gasteiger partial charge < -0.3 is 9.15 Å². The summed E-state index contributed by atoms with van der Waals surface area (Å²) >= 11 is 0. The number of carbonyl (C=O) groups is 1. The van der Waals surface area contributed by atoms with Crippen LogP contribution in [0, 0.1) is 6.92 Å². The lowest BCUT2D eigenvalue weighted by molar-refractivity contribution is 0.0459. The van der Waals surface area contributed by atoms with E-state index in [9.17, 15) is 4.79 Å². The van der Waals surface area contributed by atoms with Gasteiger partial charge in [-0.1, -0.05) is 35.9 Å². The van der Waals surface area contributed by atoms with E-state index in [0.29, 0.717) is 28.7 Å². The van der Waals surface area contributed by atoms with Gasteiger partial charge in [0.1, 0.15) is 0 Å². The van der Waals surface area contributed by atoms with Gasteiger partial charge in [-0.2, -0.15) is 4.68 Å². The molecule has 0 bridgehead atoms. The minimum absolute atomic E-state index is 0.0634. The quantitative estimate of drug-likeness (QED) is 0.365. The van der Waals surface area contributed by atoms with Crippen molar-refractivity contribution in [2.24, 2.45) is 0 Å². The van der Waals surface area contributed by atoms with Crippen molar-refractivity contribution in [3.63, 3.8) is 0 Å². The molecule has 0 aliphatic rings. The number of aromatic nitrogens is 6. The highest BCUT2D eigenvalue weighted by Crippen LogP contribution is 2.24. The largest absolute Gasteiger partial charge is 0.454 e. The van der Waals surface area contributed by atoms with E-state index in [0.717, 1.165) is 16.8 Å². The second kappa shape index (κ2) is 8.83. The molecule has 5 aromatic rings. The summed E-state index contributed by atoms with van der Waals surface area (Å²) < 4.78 is 12.7. The van der Waals surface area contributed by atoms with Crippen LogP contribution in [0.25, 0.3) is 28.6 Å². The summed E-state index contributed by atoms with van der Waals surface area (Å²) in [5.74, 6) is 0.729. The van der Waals surface area contributed by atoms with E-state index in [1.54, 1.807) is 24.3 Å². The van der Waals surface area contributed by atoms with Crippen molar-refractivity contribution in [1.29, 1.82) is 0 Å². The summed E-state index contributed by atoms with van der Waals surface area (Å²) in [6.07, 6.45) is 0. The number of carbonyl (C=O) groups excluding carboxylic acids is 1. The molecule has 0 fully saturated rings. The molecule has 162 valence electrons. The van der Waals surface area contributed by atoms with Crippen molar-refractivity contribution in [1.82, 2.24) is 30.4 Å². The predicted molar refractivity (Wildman–Crippen MR) is 118 cm³/mol. The zero-order valence-corrected chi connectivity index (χ0v) is 17.6.